The van der Waals surface area contributed by atoms with E-state index in [0.717, 1.165) is 12.8 Å². The highest BCUT2D eigenvalue weighted by Gasteiger charge is 2.30. The SMILES string of the molecule is CN=C(NCc1c(F)cccc1Cl)N1CCN(C(=O)C2CCCO2)CC1. The third-order valence-electron chi connectivity index (χ3n) is 4.79. The van der Waals surface area contributed by atoms with Crippen LogP contribution in [0.1, 0.15) is 18.4 Å². The number of hydrogen-bond donors (Lipinski definition) is 1. The van der Waals surface area contributed by atoms with Crippen molar-refractivity contribution in [2.45, 2.75) is 25.5 Å². The predicted molar refractivity (Wildman–Crippen MR) is 98.7 cm³/mol. The van der Waals surface area contributed by atoms with Crippen LogP contribution in [0.2, 0.25) is 5.02 Å². The lowest BCUT2D eigenvalue weighted by molar-refractivity contribution is -0.142. The maximum atomic E-state index is 13.9. The molecule has 8 heteroatoms. The van der Waals surface area contributed by atoms with Crippen LogP contribution in [0.15, 0.2) is 23.2 Å². The average Bonchev–Trinajstić information content (AvgIpc) is 3.19. The lowest BCUT2D eigenvalue weighted by Crippen LogP contribution is -2.55. The van der Waals surface area contributed by atoms with Crippen molar-refractivity contribution >= 4 is 23.5 Å². The Bertz CT molecular complexity index is 651. The summed E-state index contributed by atoms with van der Waals surface area (Å²) in [5, 5.41) is 3.55. The van der Waals surface area contributed by atoms with Gasteiger partial charge in [-0.3, -0.25) is 9.79 Å². The molecule has 1 atom stereocenters. The minimum absolute atomic E-state index is 0.0863. The van der Waals surface area contributed by atoms with Crippen molar-refractivity contribution in [3.8, 4) is 0 Å². The Balaban J connectivity index is 1.53. The number of hydrogen-bond acceptors (Lipinski definition) is 3. The van der Waals surface area contributed by atoms with Crippen LogP contribution in [-0.4, -0.2) is 67.6 Å². The summed E-state index contributed by atoms with van der Waals surface area (Å²) >= 11 is 6.07. The van der Waals surface area contributed by atoms with Crippen molar-refractivity contribution in [1.82, 2.24) is 15.1 Å². The molecule has 2 heterocycles. The summed E-state index contributed by atoms with van der Waals surface area (Å²) < 4.78 is 19.4. The van der Waals surface area contributed by atoms with Gasteiger partial charge in [0.15, 0.2) is 5.96 Å². The Labute approximate surface area is 158 Å². The predicted octanol–water partition coefficient (Wildman–Crippen LogP) is 1.88. The molecule has 1 amide bonds. The summed E-state index contributed by atoms with van der Waals surface area (Å²) in [7, 11) is 1.69. The number of carbonyl (C=O) groups is 1. The summed E-state index contributed by atoms with van der Waals surface area (Å²) in [4.78, 5) is 20.6. The van der Waals surface area contributed by atoms with Gasteiger partial charge in [-0.15, -0.1) is 0 Å². The number of piperazine rings is 1. The lowest BCUT2D eigenvalue weighted by Gasteiger charge is -2.37. The van der Waals surface area contributed by atoms with Gasteiger partial charge in [-0.2, -0.15) is 0 Å². The van der Waals surface area contributed by atoms with Gasteiger partial charge in [0.25, 0.3) is 5.91 Å². The molecular formula is C18H24ClFN4O2. The van der Waals surface area contributed by atoms with Gasteiger partial charge >= 0.3 is 0 Å². The van der Waals surface area contributed by atoms with Crippen LogP contribution in [0.25, 0.3) is 0 Å². The third-order valence-corrected chi connectivity index (χ3v) is 5.15. The van der Waals surface area contributed by atoms with Crippen LogP contribution in [0.3, 0.4) is 0 Å². The van der Waals surface area contributed by atoms with Crippen molar-refractivity contribution in [3.05, 3.63) is 34.6 Å². The molecule has 2 aliphatic heterocycles. The zero-order chi connectivity index (χ0) is 18.5. The molecular weight excluding hydrogens is 359 g/mol. The minimum atomic E-state index is -0.340. The molecule has 0 aromatic heterocycles. The summed E-state index contributed by atoms with van der Waals surface area (Å²) in [6.45, 7) is 3.52. The van der Waals surface area contributed by atoms with Gasteiger partial charge in [0.2, 0.25) is 0 Å². The first-order chi connectivity index (χ1) is 12.6. The second-order valence-corrected chi connectivity index (χ2v) is 6.82. The number of benzene rings is 1. The summed E-state index contributed by atoms with van der Waals surface area (Å²) in [6, 6.07) is 4.64. The molecule has 0 spiro atoms. The highest BCUT2D eigenvalue weighted by atomic mass is 35.5. The van der Waals surface area contributed by atoms with E-state index in [9.17, 15) is 9.18 Å². The summed E-state index contributed by atoms with van der Waals surface area (Å²) in [6.07, 6.45) is 1.49. The molecule has 26 heavy (non-hydrogen) atoms. The number of aliphatic imine (C=N–C) groups is 1. The monoisotopic (exact) mass is 382 g/mol. The molecule has 2 fully saturated rings. The number of nitrogens with one attached hydrogen (secondary N) is 1. The number of nitrogens with zero attached hydrogens (tertiary/aromatic N) is 3. The Morgan fingerprint density at radius 2 is 2.08 bits per heavy atom. The van der Waals surface area contributed by atoms with Gasteiger partial charge in [-0.1, -0.05) is 17.7 Å². The Hall–Kier alpha value is -1.86. The van der Waals surface area contributed by atoms with Crippen molar-refractivity contribution in [2.24, 2.45) is 4.99 Å². The second-order valence-electron chi connectivity index (χ2n) is 6.41. The van der Waals surface area contributed by atoms with Crippen LogP contribution in [0.4, 0.5) is 4.39 Å². The van der Waals surface area contributed by atoms with Gasteiger partial charge in [0.1, 0.15) is 11.9 Å². The first-order valence-electron chi connectivity index (χ1n) is 8.89. The summed E-state index contributed by atoms with van der Waals surface area (Å²) in [5.41, 5.74) is 0.419. The van der Waals surface area contributed by atoms with Gasteiger partial charge in [-0.05, 0) is 25.0 Å². The van der Waals surface area contributed by atoms with E-state index >= 15 is 0 Å². The Kier molecular flexibility index (Phi) is 6.32. The molecule has 0 aliphatic carbocycles. The molecule has 0 saturated carbocycles. The van der Waals surface area contributed by atoms with Gasteiger partial charge in [0, 0.05) is 57.0 Å². The van der Waals surface area contributed by atoms with Crippen molar-refractivity contribution in [3.63, 3.8) is 0 Å². The van der Waals surface area contributed by atoms with Crippen LogP contribution >= 0.6 is 11.6 Å². The zero-order valence-corrected chi connectivity index (χ0v) is 15.6. The van der Waals surface area contributed by atoms with Gasteiger partial charge < -0.3 is 19.9 Å². The van der Waals surface area contributed by atoms with E-state index in [1.807, 2.05) is 4.90 Å². The molecule has 3 rings (SSSR count). The largest absolute Gasteiger partial charge is 0.368 e. The number of carbonyl (C=O) groups excluding carboxylic acids is 1. The van der Waals surface area contributed by atoms with E-state index in [4.69, 9.17) is 16.3 Å². The highest BCUT2D eigenvalue weighted by Crippen LogP contribution is 2.19. The lowest BCUT2D eigenvalue weighted by atomic mass is 10.2. The van der Waals surface area contributed by atoms with E-state index in [2.05, 4.69) is 15.2 Å². The molecule has 0 radical (unpaired) electrons. The maximum absolute atomic E-state index is 13.9. The number of guanidine groups is 1. The first kappa shape index (κ1) is 18.9. The fourth-order valence-corrected chi connectivity index (χ4v) is 3.55. The third kappa shape index (κ3) is 4.27. The molecule has 1 N–H and O–H groups in total. The van der Waals surface area contributed by atoms with Crippen LogP contribution in [0.5, 0.6) is 0 Å². The molecule has 1 aromatic rings. The zero-order valence-electron chi connectivity index (χ0n) is 14.9. The van der Waals surface area contributed by atoms with Crippen molar-refractivity contribution in [1.29, 1.82) is 0 Å². The molecule has 0 bridgehead atoms. The van der Waals surface area contributed by atoms with E-state index in [1.165, 1.54) is 6.07 Å². The smallest absolute Gasteiger partial charge is 0.251 e. The van der Waals surface area contributed by atoms with Crippen molar-refractivity contribution < 1.29 is 13.9 Å². The highest BCUT2D eigenvalue weighted by molar-refractivity contribution is 6.31. The molecule has 142 valence electrons. The fourth-order valence-electron chi connectivity index (χ4n) is 3.32. The van der Waals surface area contributed by atoms with Crippen LogP contribution in [-0.2, 0) is 16.1 Å². The first-order valence-corrected chi connectivity index (χ1v) is 9.27. The van der Waals surface area contributed by atoms with Gasteiger partial charge in [-0.25, -0.2) is 4.39 Å². The van der Waals surface area contributed by atoms with E-state index in [0.29, 0.717) is 49.3 Å². The van der Waals surface area contributed by atoms with Crippen LogP contribution < -0.4 is 5.32 Å². The maximum Gasteiger partial charge on any atom is 0.251 e. The average molecular weight is 383 g/mol. The Morgan fingerprint density at radius 1 is 1.35 bits per heavy atom. The van der Waals surface area contributed by atoms with Crippen LogP contribution in [0, 0.1) is 5.82 Å². The number of rotatable bonds is 3. The van der Waals surface area contributed by atoms with Crippen molar-refractivity contribution in [2.75, 3.05) is 39.8 Å². The second kappa shape index (κ2) is 8.68. The number of amides is 1. The summed E-state index contributed by atoms with van der Waals surface area (Å²) in [5.74, 6) is 0.421. The normalized spacial score (nSPS) is 21.2. The van der Waals surface area contributed by atoms with E-state index in [-0.39, 0.29) is 24.4 Å². The molecule has 2 aliphatic rings. The molecule has 6 nitrogen and oxygen atoms in total. The molecule has 2 saturated heterocycles. The molecule has 1 aromatic carbocycles. The topological polar surface area (TPSA) is 57.2 Å². The Morgan fingerprint density at radius 3 is 2.69 bits per heavy atom. The fraction of sp³-hybridized carbons (Fsp3) is 0.556. The van der Waals surface area contributed by atoms with E-state index in [1.54, 1.807) is 19.2 Å². The number of ether oxygens (including phenoxy) is 1. The standard InChI is InChI=1S/C18H24ClFN4O2/c1-21-18(22-12-13-14(19)4-2-5-15(13)20)24-9-7-23(8-10-24)17(25)16-6-3-11-26-16/h2,4-5,16H,3,6-12H2,1H3,(H,21,22). The molecule has 1 unspecified atom stereocenters. The quantitative estimate of drug-likeness (QED) is 0.640. The van der Waals surface area contributed by atoms with E-state index < -0.39 is 0 Å². The number of halogens is 2. The van der Waals surface area contributed by atoms with Gasteiger partial charge in [0.05, 0.1) is 0 Å². The minimum Gasteiger partial charge on any atom is -0.368 e.